The van der Waals surface area contributed by atoms with Crippen LogP contribution in [-0.2, 0) is 19.1 Å². The molecule has 46 heavy (non-hydrogen) atoms. The summed E-state index contributed by atoms with van der Waals surface area (Å²) in [6.07, 6.45) is 5.31. The Kier molecular flexibility index (Phi) is 9.90. The number of benzene rings is 1. The number of nitrogens with zero attached hydrogens (tertiary/aromatic N) is 4. The molecule has 5 rings (SSSR count). The van der Waals surface area contributed by atoms with E-state index < -0.39 is 24.3 Å². The molecular formula is C32H38N8O6. The number of hydrogen-bond acceptors (Lipinski definition) is 8. The molecule has 0 bridgehead atoms. The molecule has 2 aliphatic heterocycles. The van der Waals surface area contributed by atoms with Crippen LogP contribution in [-0.4, -0.2) is 93.1 Å². The van der Waals surface area contributed by atoms with Crippen LogP contribution in [0.15, 0.2) is 36.7 Å². The molecule has 14 heteroatoms. The van der Waals surface area contributed by atoms with Gasteiger partial charge >= 0.3 is 12.2 Å². The first-order valence-corrected chi connectivity index (χ1v) is 15.2. The van der Waals surface area contributed by atoms with Crippen molar-refractivity contribution in [3.8, 4) is 23.1 Å². The van der Waals surface area contributed by atoms with E-state index in [0.717, 1.165) is 42.5 Å². The first-order chi connectivity index (χ1) is 22.2. The average molecular weight is 631 g/mol. The minimum atomic E-state index is -0.717. The third-order valence-electron chi connectivity index (χ3n) is 8.21. The number of carbonyl (C=O) groups excluding carboxylic acids is 4. The molecule has 2 aromatic heterocycles. The van der Waals surface area contributed by atoms with E-state index in [4.69, 9.17) is 0 Å². The number of rotatable bonds is 7. The number of aromatic amines is 2. The van der Waals surface area contributed by atoms with E-state index in [9.17, 15) is 19.2 Å². The first-order valence-electron chi connectivity index (χ1n) is 15.2. The standard InChI is InChI=1S/C32H38N8O6/c1-19(35-31(43)45-3)29(41)39-15-5-7-25(39)27-33-17-23(37-27)14-11-21-9-12-22(13-10-21)24-18-34-28(38-24)26-8-6-16-40(26)30(42)20(2)36-32(44)46-4/h9-10,12-13,17-20,25-26H,5-8,15-16H2,1-4H3,(H,33,37)(H,34,38)(H,35,43)(H,36,44)/t19-,20-,25-,26-/m0/s1. The van der Waals surface area contributed by atoms with E-state index in [-0.39, 0.29) is 23.9 Å². The zero-order valence-electron chi connectivity index (χ0n) is 26.3. The van der Waals surface area contributed by atoms with Crippen molar-refractivity contribution >= 4 is 24.0 Å². The molecule has 4 amide bonds. The number of ether oxygens (including phenoxy) is 2. The van der Waals surface area contributed by atoms with Crippen molar-refractivity contribution in [3.05, 3.63) is 59.6 Å². The molecular weight excluding hydrogens is 592 g/mol. The summed E-state index contributed by atoms with van der Waals surface area (Å²) in [6, 6.07) is 5.87. The second-order valence-electron chi connectivity index (χ2n) is 11.3. The van der Waals surface area contributed by atoms with Gasteiger partial charge in [-0.15, -0.1) is 0 Å². The fourth-order valence-electron chi connectivity index (χ4n) is 5.82. The van der Waals surface area contributed by atoms with E-state index in [1.165, 1.54) is 14.2 Å². The van der Waals surface area contributed by atoms with Gasteiger partial charge in [0.15, 0.2) is 0 Å². The lowest BCUT2D eigenvalue weighted by Gasteiger charge is -2.26. The number of carbonyl (C=O) groups is 4. The van der Waals surface area contributed by atoms with Gasteiger partial charge in [-0.05, 0) is 63.1 Å². The topological polar surface area (TPSA) is 175 Å². The maximum absolute atomic E-state index is 13.0. The number of imidazole rings is 2. The zero-order chi connectivity index (χ0) is 32.8. The third-order valence-corrected chi connectivity index (χ3v) is 8.21. The Morgan fingerprint density at radius 3 is 1.87 bits per heavy atom. The zero-order valence-corrected chi connectivity index (χ0v) is 26.3. The molecule has 0 radical (unpaired) electrons. The van der Waals surface area contributed by atoms with Crippen molar-refractivity contribution in [3.63, 3.8) is 0 Å². The summed E-state index contributed by atoms with van der Waals surface area (Å²) in [5, 5.41) is 5.06. The SMILES string of the molecule is COC(=O)N[C@@H](C)C(=O)N1CCC[C@H]1c1ncc(C#Cc2ccc(-c3cnc([C@@H]4CCCN4C(=O)[C@H](C)NC(=O)OC)[nH]3)cc2)[nH]1. The van der Waals surface area contributed by atoms with Crippen molar-refractivity contribution in [2.75, 3.05) is 27.3 Å². The van der Waals surface area contributed by atoms with Crippen LogP contribution in [0.1, 0.15) is 74.5 Å². The fourth-order valence-corrected chi connectivity index (χ4v) is 5.82. The van der Waals surface area contributed by atoms with Gasteiger partial charge in [0.05, 0.1) is 44.4 Å². The number of nitrogens with one attached hydrogen (secondary N) is 4. The van der Waals surface area contributed by atoms with E-state index in [1.807, 2.05) is 24.3 Å². The maximum atomic E-state index is 13.0. The van der Waals surface area contributed by atoms with Crippen molar-refractivity contribution in [1.82, 2.24) is 40.4 Å². The quantitative estimate of drug-likeness (QED) is 0.288. The molecule has 14 nitrogen and oxygen atoms in total. The van der Waals surface area contributed by atoms with Gasteiger partial charge < -0.3 is 39.9 Å². The minimum Gasteiger partial charge on any atom is -0.453 e. The third kappa shape index (κ3) is 7.14. The second kappa shape index (κ2) is 14.2. The highest BCUT2D eigenvalue weighted by Crippen LogP contribution is 2.33. The molecule has 2 fully saturated rings. The Hall–Kier alpha value is -5.32. The molecule has 0 aliphatic carbocycles. The van der Waals surface area contributed by atoms with Gasteiger partial charge in [-0.1, -0.05) is 18.1 Å². The molecule has 3 aromatic rings. The van der Waals surface area contributed by atoms with Crippen LogP contribution >= 0.6 is 0 Å². The number of hydrogen-bond donors (Lipinski definition) is 4. The number of H-pyrrole nitrogens is 2. The lowest BCUT2D eigenvalue weighted by Crippen LogP contribution is -2.46. The van der Waals surface area contributed by atoms with Crippen LogP contribution in [0.25, 0.3) is 11.3 Å². The van der Waals surface area contributed by atoms with Gasteiger partial charge in [0, 0.05) is 18.7 Å². The van der Waals surface area contributed by atoms with Crippen LogP contribution in [0, 0.1) is 11.8 Å². The highest BCUT2D eigenvalue weighted by atomic mass is 16.5. The molecule has 1 aromatic carbocycles. The first kappa shape index (κ1) is 32.1. The van der Waals surface area contributed by atoms with Crippen LogP contribution < -0.4 is 10.6 Å². The number of likely N-dealkylation sites (tertiary alicyclic amines) is 2. The predicted molar refractivity (Wildman–Crippen MR) is 166 cm³/mol. The van der Waals surface area contributed by atoms with Gasteiger partial charge in [-0.3, -0.25) is 9.59 Å². The maximum Gasteiger partial charge on any atom is 0.407 e. The Balaban J connectivity index is 1.21. The number of alkyl carbamates (subject to hydrolysis) is 2. The summed E-state index contributed by atoms with van der Waals surface area (Å²) < 4.78 is 9.22. The largest absolute Gasteiger partial charge is 0.453 e. The predicted octanol–water partition coefficient (Wildman–Crippen LogP) is 3.02. The summed E-state index contributed by atoms with van der Waals surface area (Å²) in [6.45, 7) is 4.43. The van der Waals surface area contributed by atoms with Crippen LogP contribution in [0.4, 0.5) is 9.59 Å². The minimum absolute atomic E-state index is 0.185. The Morgan fingerprint density at radius 2 is 1.33 bits per heavy atom. The van der Waals surface area contributed by atoms with Crippen LogP contribution in [0.5, 0.6) is 0 Å². The highest BCUT2D eigenvalue weighted by Gasteiger charge is 2.36. The lowest BCUT2D eigenvalue weighted by atomic mass is 10.1. The molecule has 4 atom stereocenters. The number of aromatic nitrogens is 4. The van der Waals surface area contributed by atoms with E-state index >= 15 is 0 Å². The summed E-state index contributed by atoms with van der Waals surface area (Å²) >= 11 is 0. The molecule has 2 saturated heterocycles. The van der Waals surface area contributed by atoms with Gasteiger partial charge in [0.25, 0.3) is 0 Å². The molecule has 0 unspecified atom stereocenters. The van der Waals surface area contributed by atoms with E-state index in [2.05, 4.69) is 51.9 Å². The highest BCUT2D eigenvalue weighted by molar-refractivity contribution is 5.86. The van der Waals surface area contributed by atoms with Crippen molar-refractivity contribution in [2.45, 2.75) is 63.7 Å². The molecule has 242 valence electrons. The summed E-state index contributed by atoms with van der Waals surface area (Å²) in [5.41, 5.74) is 3.18. The second-order valence-corrected chi connectivity index (χ2v) is 11.3. The number of amides is 4. The van der Waals surface area contributed by atoms with Gasteiger partial charge in [-0.25, -0.2) is 19.6 Å². The molecule has 4 N–H and O–H groups in total. The summed E-state index contributed by atoms with van der Waals surface area (Å²) in [5.74, 6) is 7.23. The molecule has 0 spiro atoms. The van der Waals surface area contributed by atoms with Gasteiger partial charge in [0.2, 0.25) is 11.8 Å². The smallest absolute Gasteiger partial charge is 0.407 e. The Bertz CT molecular complexity index is 1640. The summed E-state index contributed by atoms with van der Waals surface area (Å²) in [7, 11) is 2.52. The lowest BCUT2D eigenvalue weighted by molar-refractivity contribution is -0.134. The van der Waals surface area contributed by atoms with Crippen molar-refractivity contribution in [2.24, 2.45) is 0 Å². The van der Waals surface area contributed by atoms with Crippen LogP contribution in [0.2, 0.25) is 0 Å². The molecule has 0 saturated carbocycles. The monoisotopic (exact) mass is 630 g/mol. The molecule has 2 aliphatic rings. The Morgan fingerprint density at radius 1 is 0.804 bits per heavy atom. The van der Waals surface area contributed by atoms with Gasteiger partial charge in [0.1, 0.15) is 29.4 Å². The van der Waals surface area contributed by atoms with Gasteiger partial charge in [-0.2, -0.15) is 0 Å². The van der Waals surface area contributed by atoms with Crippen molar-refractivity contribution in [1.29, 1.82) is 0 Å². The van der Waals surface area contributed by atoms with Crippen molar-refractivity contribution < 1.29 is 28.7 Å². The van der Waals surface area contributed by atoms with Crippen LogP contribution in [0.3, 0.4) is 0 Å². The number of methoxy groups -OCH3 is 2. The molecule has 4 heterocycles. The average Bonchev–Trinajstić information content (AvgIpc) is 3.89. The van der Waals surface area contributed by atoms with E-state index in [1.54, 1.807) is 36.0 Å². The normalized spacial score (nSPS) is 18.7. The Labute approximate surface area is 266 Å². The summed E-state index contributed by atoms with van der Waals surface area (Å²) in [4.78, 5) is 68.2. The fraction of sp³-hybridized carbons (Fsp3) is 0.438. The van der Waals surface area contributed by atoms with E-state index in [0.29, 0.717) is 30.4 Å².